The number of carbonyl (C=O) groups excluding carboxylic acids is 3. The average molecular weight is 616 g/mol. The number of hydrogen-bond donors (Lipinski definition) is 4. The lowest BCUT2D eigenvalue weighted by Gasteiger charge is -2.35. The quantitative estimate of drug-likeness (QED) is 0.249. The molecule has 4 N–H and O–H groups in total. The van der Waals surface area contributed by atoms with Crippen LogP contribution in [0, 0.1) is 17.7 Å². The van der Waals surface area contributed by atoms with Gasteiger partial charge in [-0.3, -0.25) is 9.59 Å². The van der Waals surface area contributed by atoms with Gasteiger partial charge in [-0.2, -0.15) is 0 Å². The highest BCUT2D eigenvalue weighted by molar-refractivity contribution is 6.30. The molecule has 3 unspecified atom stereocenters. The summed E-state index contributed by atoms with van der Waals surface area (Å²) < 4.78 is 20.4. The van der Waals surface area contributed by atoms with Gasteiger partial charge in [-0.1, -0.05) is 81.8 Å². The van der Waals surface area contributed by atoms with Crippen LogP contribution in [-0.2, 0) is 19.7 Å². The van der Waals surface area contributed by atoms with Crippen LogP contribution in [0.25, 0.3) is 0 Å². The molecule has 234 valence electrons. The molecule has 0 aromatic heterocycles. The number of carbonyl (C=O) groups is 3. The zero-order valence-corrected chi connectivity index (χ0v) is 25.7. The predicted octanol–water partition coefficient (Wildman–Crippen LogP) is 5.57. The summed E-state index contributed by atoms with van der Waals surface area (Å²) in [4.78, 5) is 39.2. The first-order chi connectivity index (χ1) is 20.6. The Morgan fingerprint density at radius 2 is 1.81 bits per heavy atom. The summed E-state index contributed by atoms with van der Waals surface area (Å²) in [5.74, 6) is -1.02. The van der Waals surface area contributed by atoms with E-state index in [1.54, 1.807) is 30.3 Å². The van der Waals surface area contributed by atoms with E-state index in [1.165, 1.54) is 12.1 Å². The number of benzene rings is 2. The van der Waals surface area contributed by atoms with Crippen LogP contribution < -0.4 is 16.0 Å². The highest BCUT2D eigenvalue weighted by atomic mass is 35.5. The topological polar surface area (TPSA) is 117 Å². The molecule has 2 fully saturated rings. The van der Waals surface area contributed by atoms with E-state index in [0.29, 0.717) is 36.4 Å². The number of nitrogens with one attached hydrogen (secondary N) is 3. The maximum Gasteiger partial charge on any atom is 0.408 e. The third-order valence-electron chi connectivity index (χ3n) is 8.80. The van der Waals surface area contributed by atoms with Gasteiger partial charge in [-0.25, -0.2) is 9.18 Å². The van der Waals surface area contributed by atoms with Crippen LogP contribution >= 0.6 is 11.6 Å². The van der Waals surface area contributed by atoms with Crippen LogP contribution in [0.5, 0.6) is 0 Å². The predicted molar refractivity (Wildman–Crippen MR) is 163 cm³/mol. The molecule has 3 amide bonds. The van der Waals surface area contributed by atoms with Gasteiger partial charge in [0.15, 0.2) is 0 Å². The van der Waals surface area contributed by atoms with E-state index in [4.69, 9.17) is 16.3 Å². The van der Waals surface area contributed by atoms with E-state index in [1.807, 2.05) is 19.9 Å². The van der Waals surface area contributed by atoms with Crippen LogP contribution in [0.15, 0.2) is 48.5 Å². The van der Waals surface area contributed by atoms with Crippen molar-refractivity contribution in [3.05, 3.63) is 70.5 Å². The highest BCUT2D eigenvalue weighted by Crippen LogP contribution is 2.40. The summed E-state index contributed by atoms with van der Waals surface area (Å²) in [6, 6.07) is 11.6. The van der Waals surface area contributed by atoms with Crippen molar-refractivity contribution in [1.29, 1.82) is 0 Å². The molecule has 0 spiro atoms. The molecular weight excluding hydrogens is 573 g/mol. The molecule has 1 aliphatic heterocycles. The van der Waals surface area contributed by atoms with E-state index in [9.17, 15) is 23.9 Å². The van der Waals surface area contributed by atoms with Crippen LogP contribution in [-0.4, -0.2) is 48.2 Å². The summed E-state index contributed by atoms with van der Waals surface area (Å²) in [5.41, 5.74) is 0.435. The lowest BCUT2D eigenvalue weighted by Crippen LogP contribution is -2.52. The molecule has 2 aromatic rings. The minimum Gasteiger partial charge on any atom is -0.440 e. The molecule has 4 atom stereocenters. The lowest BCUT2D eigenvalue weighted by molar-refractivity contribution is -0.126. The van der Waals surface area contributed by atoms with E-state index in [2.05, 4.69) is 16.0 Å². The molecule has 1 saturated heterocycles. The summed E-state index contributed by atoms with van der Waals surface area (Å²) in [6.07, 6.45) is 4.85. The number of hydrogen-bond acceptors (Lipinski definition) is 5. The van der Waals surface area contributed by atoms with E-state index < -0.39 is 41.4 Å². The number of alkyl carbamates (subject to hydrolysis) is 1. The van der Waals surface area contributed by atoms with Crippen LogP contribution in [0.3, 0.4) is 0 Å². The minimum atomic E-state index is -0.913. The van der Waals surface area contributed by atoms with Gasteiger partial charge in [0, 0.05) is 22.9 Å². The summed E-state index contributed by atoms with van der Waals surface area (Å²) >= 11 is 6.28. The van der Waals surface area contributed by atoms with Crippen molar-refractivity contribution < 1.29 is 28.6 Å². The fourth-order valence-corrected chi connectivity index (χ4v) is 6.50. The smallest absolute Gasteiger partial charge is 0.408 e. The molecule has 8 nitrogen and oxygen atoms in total. The number of aliphatic hydroxyl groups excluding tert-OH is 1. The van der Waals surface area contributed by atoms with Gasteiger partial charge in [-0.15, -0.1) is 0 Å². The van der Waals surface area contributed by atoms with Crippen molar-refractivity contribution in [2.24, 2.45) is 11.8 Å². The maximum absolute atomic E-state index is 14.3. The van der Waals surface area contributed by atoms with Crippen molar-refractivity contribution in [3.8, 4) is 0 Å². The normalized spacial score (nSPS) is 19.7. The Kier molecular flexibility index (Phi) is 11.4. The highest BCUT2D eigenvalue weighted by Gasteiger charge is 2.38. The van der Waals surface area contributed by atoms with E-state index in [-0.39, 0.29) is 24.3 Å². The fourth-order valence-electron chi connectivity index (χ4n) is 6.31. The second-order valence-electron chi connectivity index (χ2n) is 12.4. The molecular formula is C33H43ClFN3O5. The standard InChI is InChI=1S/C33H43ClFN3O5/c1-33(2,24-11-7-12-25(34)19-24)29(22-10-6-13-26(35)17-22)43-32(42)38-28(16-21-8-4-3-5-9-21)31(41)37-27(20-39)18-23-14-15-36-30(23)40/h6-7,10-13,17,19,21,23,27-29,39H,3-5,8-9,14-16,18,20H2,1-2H3,(H,36,40)(H,37,41)(H,38,42)/t23-,27?,28?,29?/m0/s1. The third-order valence-corrected chi connectivity index (χ3v) is 9.04. The Bertz CT molecular complexity index is 1270. The molecule has 2 aromatic carbocycles. The first-order valence-corrected chi connectivity index (χ1v) is 15.6. The molecule has 2 aliphatic rings. The van der Waals surface area contributed by atoms with Crippen molar-refractivity contribution in [3.63, 3.8) is 0 Å². The van der Waals surface area contributed by atoms with Crippen molar-refractivity contribution >= 4 is 29.5 Å². The Balaban J connectivity index is 1.54. The largest absolute Gasteiger partial charge is 0.440 e. The third kappa shape index (κ3) is 8.92. The van der Waals surface area contributed by atoms with Gasteiger partial charge in [0.05, 0.1) is 12.6 Å². The summed E-state index contributed by atoms with van der Waals surface area (Å²) in [7, 11) is 0. The first-order valence-electron chi connectivity index (χ1n) is 15.2. The minimum absolute atomic E-state index is 0.0844. The molecule has 0 bridgehead atoms. The van der Waals surface area contributed by atoms with Crippen LogP contribution in [0.4, 0.5) is 9.18 Å². The van der Waals surface area contributed by atoms with E-state index >= 15 is 0 Å². The average Bonchev–Trinajstić information content (AvgIpc) is 3.39. The first kappa shape index (κ1) is 32.7. The zero-order chi connectivity index (χ0) is 31.0. The second-order valence-corrected chi connectivity index (χ2v) is 12.8. The van der Waals surface area contributed by atoms with Gasteiger partial charge in [0.2, 0.25) is 11.8 Å². The SMILES string of the molecule is CC(C)(c1cccc(Cl)c1)C(OC(=O)NC(CC1CCCCC1)C(=O)NC(CO)C[C@@H]1CCNC1=O)c1cccc(F)c1. The van der Waals surface area contributed by atoms with Gasteiger partial charge < -0.3 is 25.8 Å². The molecule has 1 saturated carbocycles. The second kappa shape index (κ2) is 15.0. The monoisotopic (exact) mass is 615 g/mol. The van der Waals surface area contributed by atoms with Gasteiger partial charge in [-0.05, 0) is 60.6 Å². The Morgan fingerprint density at radius 3 is 2.47 bits per heavy atom. The summed E-state index contributed by atoms with van der Waals surface area (Å²) in [5, 5.41) is 18.9. The molecule has 1 aliphatic carbocycles. The number of rotatable bonds is 12. The fraction of sp³-hybridized carbons (Fsp3) is 0.545. The maximum atomic E-state index is 14.3. The molecule has 1 heterocycles. The van der Waals surface area contributed by atoms with Crippen molar-refractivity contribution in [2.45, 2.75) is 88.8 Å². The summed E-state index contributed by atoms with van der Waals surface area (Å²) in [6.45, 7) is 4.02. The Labute approximate surface area is 258 Å². The Morgan fingerprint density at radius 1 is 1.07 bits per heavy atom. The number of ether oxygens (including phenoxy) is 1. The van der Waals surface area contributed by atoms with Crippen LogP contribution in [0.2, 0.25) is 5.02 Å². The van der Waals surface area contributed by atoms with Gasteiger partial charge in [0.25, 0.3) is 0 Å². The molecule has 43 heavy (non-hydrogen) atoms. The van der Waals surface area contributed by atoms with Gasteiger partial charge >= 0.3 is 6.09 Å². The van der Waals surface area contributed by atoms with Crippen molar-refractivity contribution in [1.82, 2.24) is 16.0 Å². The number of aliphatic hydroxyl groups is 1. The van der Waals surface area contributed by atoms with E-state index in [0.717, 1.165) is 37.7 Å². The number of amides is 3. The lowest BCUT2D eigenvalue weighted by atomic mass is 9.76. The van der Waals surface area contributed by atoms with Crippen molar-refractivity contribution in [2.75, 3.05) is 13.2 Å². The Hall–Kier alpha value is -3.17. The molecule has 0 radical (unpaired) electrons. The molecule has 10 heteroatoms. The molecule has 4 rings (SSSR count). The van der Waals surface area contributed by atoms with Gasteiger partial charge in [0.1, 0.15) is 18.0 Å². The number of halogens is 2. The zero-order valence-electron chi connectivity index (χ0n) is 24.9. The van der Waals surface area contributed by atoms with Crippen LogP contribution in [0.1, 0.15) is 82.4 Å².